The minimum absolute atomic E-state index is 0.123. The average Bonchev–Trinajstić information content (AvgIpc) is 3.18. The summed E-state index contributed by atoms with van der Waals surface area (Å²) >= 11 is 5.90. The number of carbonyl (C=O) groups is 1. The van der Waals surface area contributed by atoms with Crippen molar-refractivity contribution in [3.63, 3.8) is 0 Å². The lowest BCUT2D eigenvalue weighted by atomic mass is 10.0. The van der Waals surface area contributed by atoms with Gasteiger partial charge in [0.25, 0.3) is 0 Å². The van der Waals surface area contributed by atoms with Crippen LogP contribution in [-0.2, 0) is 6.42 Å². The first kappa shape index (κ1) is 21.6. The Hall–Kier alpha value is -3.63. The van der Waals surface area contributed by atoms with Gasteiger partial charge in [-0.2, -0.15) is 0 Å². The van der Waals surface area contributed by atoms with Crippen molar-refractivity contribution in [1.82, 2.24) is 19.4 Å². The molecule has 0 fully saturated rings. The number of benzene rings is 1. The van der Waals surface area contributed by atoms with Crippen molar-refractivity contribution in [2.45, 2.75) is 40.2 Å². The summed E-state index contributed by atoms with van der Waals surface area (Å²) in [6.45, 7) is 7.81. The number of hydrogen-bond donors (Lipinski definition) is 2. The monoisotopic (exact) mass is 447 g/mol. The van der Waals surface area contributed by atoms with Crippen LogP contribution in [0.25, 0.3) is 16.6 Å². The Kier molecular flexibility index (Phi) is 5.72. The van der Waals surface area contributed by atoms with Gasteiger partial charge in [0.05, 0.1) is 17.2 Å². The maximum absolute atomic E-state index is 11.6. The third-order valence-corrected chi connectivity index (χ3v) is 5.43. The molecule has 3 aromatic heterocycles. The van der Waals surface area contributed by atoms with Crippen molar-refractivity contribution in [2.75, 3.05) is 5.32 Å². The molecule has 4 aromatic rings. The maximum atomic E-state index is 11.6. The van der Waals surface area contributed by atoms with Crippen LogP contribution < -0.4 is 5.32 Å². The lowest BCUT2D eigenvalue weighted by molar-refractivity contribution is 0.0691. The highest BCUT2D eigenvalue weighted by molar-refractivity contribution is 6.29. The van der Waals surface area contributed by atoms with Gasteiger partial charge in [-0.3, -0.25) is 4.40 Å². The van der Waals surface area contributed by atoms with Crippen molar-refractivity contribution in [3.05, 3.63) is 64.0 Å². The molecule has 0 bridgehead atoms. The average molecular weight is 448 g/mol. The fourth-order valence-corrected chi connectivity index (χ4v) is 3.99. The molecule has 1 unspecified atom stereocenters. The van der Waals surface area contributed by atoms with Gasteiger partial charge in [-0.05, 0) is 50.5 Å². The normalized spacial score (nSPS) is 11.9. The van der Waals surface area contributed by atoms with Crippen LogP contribution in [-0.4, -0.2) is 30.4 Å². The third-order valence-electron chi connectivity index (χ3n) is 5.22. The number of halogens is 1. The highest BCUT2D eigenvalue weighted by Crippen LogP contribution is 2.31. The van der Waals surface area contributed by atoms with Crippen molar-refractivity contribution >= 4 is 39.8 Å². The summed E-state index contributed by atoms with van der Waals surface area (Å²) in [4.78, 5) is 25.3. The molecule has 1 aromatic carbocycles. The van der Waals surface area contributed by atoms with Crippen LogP contribution in [0.3, 0.4) is 0 Å². The van der Waals surface area contributed by atoms with E-state index in [9.17, 15) is 9.90 Å². The zero-order chi connectivity index (χ0) is 23.0. The van der Waals surface area contributed by atoms with Crippen molar-refractivity contribution in [1.29, 1.82) is 0 Å². The van der Waals surface area contributed by atoms with E-state index < -0.39 is 5.97 Å². The van der Waals surface area contributed by atoms with Crippen LogP contribution in [0.1, 0.15) is 59.9 Å². The van der Waals surface area contributed by atoms with E-state index in [0.717, 1.165) is 39.9 Å². The largest absolute Gasteiger partial charge is 0.476 e. The summed E-state index contributed by atoms with van der Waals surface area (Å²) in [5.74, 6) is 5.65. The van der Waals surface area contributed by atoms with E-state index in [1.807, 2.05) is 31.4 Å². The van der Waals surface area contributed by atoms with Gasteiger partial charge in [0.1, 0.15) is 22.3 Å². The van der Waals surface area contributed by atoms with Gasteiger partial charge in [0.2, 0.25) is 0 Å². The predicted molar refractivity (Wildman–Crippen MR) is 125 cm³/mol. The van der Waals surface area contributed by atoms with Crippen LogP contribution in [0.4, 0.5) is 5.69 Å². The van der Waals surface area contributed by atoms with Crippen LogP contribution >= 0.6 is 11.6 Å². The Morgan fingerprint density at radius 1 is 1.28 bits per heavy atom. The van der Waals surface area contributed by atoms with E-state index in [-0.39, 0.29) is 16.9 Å². The quantitative estimate of drug-likeness (QED) is 0.328. The van der Waals surface area contributed by atoms with Gasteiger partial charge in [-0.25, -0.2) is 19.7 Å². The van der Waals surface area contributed by atoms with Crippen molar-refractivity contribution in [3.8, 4) is 11.8 Å². The van der Waals surface area contributed by atoms with E-state index >= 15 is 0 Å². The fraction of sp³-hybridized carbons (Fsp3) is 0.250. The number of aromatic nitrogens is 4. The number of rotatable bonds is 5. The number of hydrogen-bond acceptors (Lipinski definition) is 5. The van der Waals surface area contributed by atoms with E-state index in [1.54, 1.807) is 19.1 Å². The first-order valence-electron chi connectivity index (χ1n) is 10.2. The molecule has 0 saturated heterocycles. The summed E-state index contributed by atoms with van der Waals surface area (Å²) < 4.78 is 2.00. The smallest absolute Gasteiger partial charge is 0.356 e. The molecule has 0 radical (unpaired) electrons. The summed E-state index contributed by atoms with van der Waals surface area (Å²) in [6, 6.07) is 7.07. The Bertz CT molecular complexity index is 1430. The molecule has 4 rings (SSSR count). The van der Waals surface area contributed by atoms with Crippen molar-refractivity contribution < 1.29 is 9.90 Å². The first-order chi connectivity index (χ1) is 15.3. The van der Waals surface area contributed by atoms with Crippen LogP contribution in [0, 0.1) is 18.8 Å². The number of carboxylic acids is 1. The zero-order valence-corrected chi connectivity index (χ0v) is 18.9. The number of nitrogens with zero attached hydrogens (tertiary/aromatic N) is 4. The fourth-order valence-electron chi connectivity index (χ4n) is 3.85. The Balaban J connectivity index is 1.90. The second-order valence-electron chi connectivity index (χ2n) is 7.53. The number of pyridine rings is 1. The number of anilines is 1. The Labute approximate surface area is 190 Å². The number of carboxylic acid groups (broad SMARTS) is 1. The Morgan fingerprint density at radius 2 is 2.06 bits per heavy atom. The standard InChI is InChI=1S/C24H22ClN5O2/c1-5-7-15-12-30-20(6-2)29-21-16(10-13(3)11-17(21)23(30)27-15)14(4)26-18-8-9-19(25)28-22(18)24(31)32/h8-12,14,26H,6H2,1-4H3,(H,31,32). The van der Waals surface area contributed by atoms with Gasteiger partial charge in [-0.15, -0.1) is 0 Å². The van der Waals surface area contributed by atoms with Crippen LogP contribution in [0.15, 0.2) is 30.5 Å². The summed E-state index contributed by atoms with van der Waals surface area (Å²) in [5.41, 5.74) is 4.58. The number of aryl methyl sites for hydroxylation is 2. The molecule has 2 N–H and O–H groups in total. The molecule has 162 valence electrons. The first-order valence-corrected chi connectivity index (χ1v) is 10.6. The predicted octanol–water partition coefficient (Wildman–Crippen LogP) is 5.04. The second kappa shape index (κ2) is 8.48. The molecule has 1 atom stereocenters. The summed E-state index contributed by atoms with van der Waals surface area (Å²) in [7, 11) is 0. The zero-order valence-electron chi connectivity index (χ0n) is 18.2. The molecule has 7 nitrogen and oxygen atoms in total. The minimum Gasteiger partial charge on any atom is -0.476 e. The number of fused-ring (bicyclic) bond motifs is 3. The molecule has 3 heterocycles. The topological polar surface area (TPSA) is 92.4 Å². The molecule has 0 aliphatic heterocycles. The van der Waals surface area contributed by atoms with Gasteiger partial charge in [0, 0.05) is 23.6 Å². The molecule has 0 saturated carbocycles. The highest BCUT2D eigenvalue weighted by Gasteiger charge is 2.20. The van der Waals surface area contributed by atoms with E-state index in [4.69, 9.17) is 21.6 Å². The van der Waals surface area contributed by atoms with Gasteiger partial charge in [0.15, 0.2) is 5.69 Å². The second-order valence-corrected chi connectivity index (χ2v) is 7.92. The van der Waals surface area contributed by atoms with Gasteiger partial charge < -0.3 is 10.4 Å². The lowest BCUT2D eigenvalue weighted by Crippen LogP contribution is -2.13. The SMILES string of the molecule is CC#Cc1cn2c(CC)nc3c(C(C)Nc4ccc(Cl)nc4C(=O)O)cc(C)cc3c2n1. The molecule has 8 heteroatoms. The van der Waals surface area contributed by atoms with E-state index in [0.29, 0.717) is 11.4 Å². The van der Waals surface area contributed by atoms with E-state index in [1.165, 1.54) is 0 Å². The van der Waals surface area contributed by atoms with E-state index in [2.05, 4.69) is 34.3 Å². The number of nitrogens with one attached hydrogen (secondary N) is 1. The van der Waals surface area contributed by atoms with Gasteiger partial charge in [-0.1, -0.05) is 30.5 Å². The summed E-state index contributed by atoms with van der Waals surface area (Å²) in [5, 5.41) is 13.8. The molecule has 0 aliphatic carbocycles. The van der Waals surface area contributed by atoms with Gasteiger partial charge >= 0.3 is 5.97 Å². The lowest BCUT2D eigenvalue weighted by Gasteiger charge is -2.20. The Morgan fingerprint density at radius 3 is 2.75 bits per heavy atom. The summed E-state index contributed by atoms with van der Waals surface area (Å²) in [6.07, 6.45) is 2.64. The van der Waals surface area contributed by atoms with Crippen LogP contribution in [0.2, 0.25) is 5.15 Å². The number of imidazole rings is 1. The molecular weight excluding hydrogens is 426 g/mol. The third kappa shape index (κ3) is 3.85. The van der Waals surface area contributed by atoms with Crippen molar-refractivity contribution in [2.24, 2.45) is 0 Å². The highest BCUT2D eigenvalue weighted by atomic mass is 35.5. The number of aromatic carboxylic acids is 1. The minimum atomic E-state index is -1.15. The van der Waals surface area contributed by atoms with Crippen LogP contribution in [0.5, 0.6) is 0 Å². The molecule has 0 amide bonds. The molecule has 0 spiro atoms. The molecular formula is C24H22ClN5O2. The molecule has 0 aliphatic rings. The molecule has 32 heavy (non-hydrogen) atoms. The maximum Gasteiger partial charge on any atom is 0.356 e.